The minimum atomic E-state index is -1.50. The first-order chi connectivity index (χ1) is 15.8. The van der Waals surface area contributed by atoms with Crippen molar-refractivity contribution in [3.63, 3.8) is 0 Å². The van der Waals surface area contributed by atoms with Crippen LogP contribution >= 0.6 is 0 Å². The topological polar surface area (TPSA) is 237 Å². The molecule has 0 fully saturated rings. The lowest BCUT2D eigenvalue weighted by molar-refractivity contribution is 0.0536. The summed E-state index contributed by atoms with van der Waals surface area (Å²) in [4.78, 5) is 39.2. The number of rotatable bonds is 3. The van der Waals surface area contributed by atoms with Crippen molar-refractivity contribution >= 4 is 17.7 Å². The lowest BCUT2D eigenvalue weighted by Crippen LogP contribution is -2.42. The molecule has 9 N–H and O–H groups in total. The van der Waals surface area contributed by atoms with E-state index >= 15 is 0 Å². The molecule has 0 saturated carbocycles. The number of amides is 3. The summed E-state index contributed by atoms with van der Waals surface area (Å²) in [5.74, 6) is -13.4. The molecule has 176 valence electrons. The molecule has 0 saturated heterocycles. The van der Waals surface area contributed by atoms with Crippen molar-refractivity contribution in [3.05, 3.63) is 53.1 Å². The summed E-state index contributed by atoms with van der Waals surface area (Å²) in [7, 11) is 0. The fourth-order valence-electron chi connectivity index (χ4n) is 2.85. The number of phenols is 9. The van der Waals surface area contributed by atoms with Gasteiger partial charge in [-0.25, -0.2) is 4.90 Å². The molecule has 0 aliphatic carbocycles. The van der Waals surface area contributed by atoms with Crippen molar-refractivity contribution in [3.8, 4) is 51.7 Å². The minimum absolute atomic E-state index is 0.109. The first kappa shape index (κ1) is 23.3. The molecule has 0 aromatic heterocycles. The molecule has 3 aromatic carbocycles. The molecule has 13 nitrogen and oxygen atoms in total. The number of nitrogens with zero attached hydrogens (tertiary/aromatic N) is 1. The summed E-state index contributed by atoms with van der Waals surface area (Å²) < 4.78 is 0. The predicted molar refractivity (Wildman–Crippen MR) is 109 cm³/mol. The summed E-state index contributed by atoms with van der Waals surface area (Å²) in [6.45, 7) is 0. The van der Waals surface area contributed by atoms with Gasteiger partial charge in [0.05, 0.1) is 0 Å². The zero-order valence-corrected chi connectivity index (χ0v) is 16.7. The number of hydrogen-bond donors (Lipinski definition) is 9. The number of carbonyl (C=O) groups is 3. The van der Waals surface area contributed by atoms with Crippen molar-refractivity contribution in [1.29, 1.82) is 0 Å². The van der Waals surface area contributed by atoms with Gasteiger partial charge in [-0.2, -0.15) is 0 Å². The predicted octanol–water partition coefficient (Wildman–Crippen LogP) is 1.16. The van der Waals surface area contributed by atoms with Crippen molar-refractivity contribution in [2.75, 3.05) is 0 Å². The summed E-state index contributed by atoms with van der Waals surface area (Å²) >= 11 is 0. The van der Waals surface area contributed by atoms with Crippen LogP contribution in [0.1, 0.15) is 31.1 Å². The van der Waals surface area contributed by atoms with Gasteiger partial charge in [0.1, 0.15) is 0 Å². The van der Waals surface area contributed by atoms with Crippen molar-refractivity contribution in [1.82, 2.24) is 4.90 Å². The highest BCUT2D eigenvalue weighted by Crippen LogP contribution is 2.39. The van der Waals surface area contributed by atoms with Crippen LogP contribution in [-0.4, -0.2) is 68.6 Å². The Balaban J connectivity index is 2.20. The van der Waals surface area contributed by atoms with E-state index in [-0.39, 0.29) is 4.90 Å². The van der Waals surface area contributed by atoms with Crippen molar-refractivity contribution < 1.29 is 60.3 Å². The zero-order valence-electron chi connectivity index (χ0n) is 16.7. The molecule has 13 heteroatoms. The van der Waals surface area contributed by atoms with E-state index in [1.54, 1.807) is 0 Å². The number of aromatic hydroxyl groups is 9. The quantitative estimate of drug-likeness (QED) is 0.192. The summed E-state index contributed by atoms with van der Waals surface area (Å²) in [6, 6.07) is 3.68. The molecule has 3 rings (SSSR count). The average Bonchev–Trinajstić information content (AvgIpc) is 2.78. The molecule has 0 bridgehead atoms. The van der Waals surface area contributed by atoms with Crippen molar-refractivity contribution in [2.24, 2.45) is 0 Å². The van der Waals surface area contributed by atoms with E-state index in [9.17, 15) is 60.3 Å². The van der Waals surface area contributed by atoms with Gasteiger partial charge in [0, 0.05) is 16.7 Å². The largest absolute Gasteiger partial charge is 0.504 e. The molecule has 0 radical (unpaired) electrons. The Labute approximate surface area is 188 Å². The molecule has 34 heavy (non-hydrogen) atoms. The third-order valence-corrected chi connectivity index (χ3v) is 4.56. The number of phenolic OH excluding ortho intramolecular Hbond substituents is 9. The smallest absolute Gasteiger partial charge is 0.268 e. The van der Waals surface area contributed by atoms with E-state index in [0.717, 1.165) is 0 Å². The van der Waals surface area contributed by atoms with Crippen LogP contribution in [0.4, 0.5) is 0 Å². The SMILES string of the molecule is O=C(c1cc(O)c(O)c(O)c1)N(C(=O)c1cc(O)c(O)c(O)c1)C(=O)c1cc(O)c(O)c(O)c1. The van der Waals surface area contributed by atoms with E-state index in [2.05, 4.69) is 0 Å². The number of benzene rings is 3. The third-order valence-electron chi connectivity index (χ3n) is 4.56. The van der Waals surface area contributed by atoms with Crippen LogP contribution in [0.2, 0.25) is 0 Å². The van der Waals surface area contributed by atoms with Crippen molar-refractivity contribution in [2.45, 2.75) is 0 Å². The number of hydrogen-bond acceptors (Lipinski definition) is 12. The summed E-state index contributed by atoms with van der Waals surface area (Å²) in [6.07, 6.45) is 0. The zero-order chi connectivity index (χ0) is 25.5. The first-order valence-electron chi connectivity index (χ1n) is 9.01. The van der Waals surface area contributed by atoms with Crippen LogP contribution in [0.15, 0.2) is 36.4 Å². The Morgan fingerprint density at radius 3 is 0.765 bits per heavy atom. The lowest BCUT2D eigenvalue weighted by Gasteiger charge is -2.20. The maximum atomic E-state index is 13.1. The summed E-state index contributed by atoms with van der Waals surface area (Å²) in [5.41, 5.74) is -2.06. The molecule has 0 spiro atoms. The number of imide groups is 3. The number of carbonyl (C=O) groups excluding carboxylic acids is 3. The van der Waals surface area contributed by atoms with E-state index in [4.69, 9.17) is 0 Å². The maximum Gasteiger partial charge on any atom is 0.268 e. The molecule has 0 heterocycles. The first-order valence-corrected chi connectivity index (χ1v) is 9.01. The Hall–Kier alpha value is -5.33. The molecule has 3 amide bonds. The van der Waals surface area contributed by atoms with Gasteiger partial charge in [0.2, 0.25) is 0 Å². The lowest BCUT2D eigenvalue weighted by atomic mass is 10.1. The Morgan fingerprint density at radius 1 is 0.412 bits per heavy atom. The van der Waals surface area contributed by atoms with Crippen LogP contribution in [0.25, 0.3) is 0 Å². The van der Waals surface area contributed by atoms with Gasteiger partial charge in [-0.3, -0.25) is 14.4 Å². The van der Waals surface area contributed by atoms with Crippen LogP contribution in [0, 0.1) is 0 Å². The average molecular weight is 473 g/mol. The van der Waals surface area contributed by atoms with Gasteiger partial charge < -0.3 is 46.0 Å². The van der Waals surface area contributed by atoms with Gasteiger partial charge in [-0.1, -0.05) is 0 Å². The van der Waals surface area contributed by atoms with Crippen LogP contribution in [0.5, 0.6) is 51.7 Å². The second-order valence-corrected chi connectivity index (χ2v) is 6.84. The highest BCUT2D eigenvalue weighted by molar-refractivity contribution is 6.24. The van der Waals surface area contributed by atoms with E-state index in [1.807, 2.05) is 0 Å². The Bertz CT molecular complexity index is 1130. The highest BCUT2D eigenvalue weighted by atomic mass is 16.3. The van der Waals surface area contributed by atoms with Crippen LogP contribution in [0.3, 0.4) is 0 Å². The van der Waals surface area contributed by atoms with E-state index in [1.165, 1.54) is 0 Å². The second kappa shape index (κ2) is 8.31. The monoisotopic (exact) mass is 473 g/mol. The maximum absolute atomic E-state index is 13.1. The van der Waals surface area contributed by atoms with E-state index < -0.39 is 86.2 Å². The molecule has 0 aliphatic rings. The summed E-state index contributed by atoms with van der Waals surface area (Å²) in [5, 5.41) is 86.6. The highest BCUT2D eigenvalue weighted by Gasteiger charge is 2.34. The minimum Gasteiger partial charge on any atom is -0.504 e. The molecule has 0 aliphatic heterocycles. The molecular formula is C21H15NO12. The van der Waals surface area contributed by atoms with Gasteiger partial charge >= 0.3 is 0 Å². The second-order valence-electron chi connectivity index (χ2n) is 6.84. The van der Waals surface area contributed by atoms with Gasteiger partial charge in [-0.15, -0.1) is 0 Å². The molecule has 0 unspecified atom stereocenters. The van der Waals surface area contributed by atoms with Gasteiger partial charge in [-0.05, 0) is 36.4 Å². The van der Waals surface area contributed by atoms with Crippen LogP contribution < -0.4 is 0 Å². The standard InChI is InChI=1S/C21H15NO12/c23-10-1-7(2-11(24)16(10)29)19(32)22(20(33)8-3-12(25)17(30)13(26)4-8)21(34)9-5-14(27)18(31)15(28)6-9/h1-6,23-31H. The Morgan fingerprint density at radius 2 is 0.588 bits per heavy atom. The van der Waals surface area contributed by atoms with E-state index in [0.29, 0.717) is 36.4 Å². The molecular weight excluding hydrogens is 458 g/mol. The molecule has 0 atom stereocenters. The van der Waals surface area contributed by atoms with Gasteiger partial charge in [0.15, 0.2) is 51.7 Å². The van der Waals surface area contributed by atoms with Crippen LogP contribution in [-0.2, 0) is 0 Å². The molecule has 3 aromatic rings. The normalized spacial score (nSPS) is 10.6. The third kappa shape index (κ3) is 3.95. The Kier molecular flexibility index (Phi) is 5.70. The fourth-order valence-corrected chi connectivity index (χ4v) is 2.85. The van der Waals surface area contributed by atoms with Gasteiger partial charge in [0.25, 0.3) is 17.7 Å². The fraction of sp³-hybridized carbons (Fsp3) is 0.